The molecule has 9 nitrogen and oxygen atoms in total. The van der Waals surface area contributed by atoms with Crippen LogP contribution in [0.1, 0.15) is 49.7 Å². The lowest BCUT2D eigenvalue weighted by Gasteiger charge is -2.22. The van der Waals surface area contributed by atoms with E-state index in [0.29, 0.717) is 23.4 Å². The lowest BCUT2D eigenvalue weighted by atomic mass is 9.96. The lowest BCUT2D eigenvalue weighted by molar-refractivity contribution is 0.0173. The van der Waals surface area contributed by atoms with Gasteiger partial charge in [-0.25, -0.2) is 17.9 Å². The third-order valence-electron chi connectivity index (χ3n) is 7.01. The summed E-state index contributed by atoms with van der Waals surface area (Å²) in [5.41, 5.74) is 3.01. The Kier molecular flexibility index (Phi) is 8.60. The van der Waals surface area contributed by atoms with E-state index in [4.69, 9.17) is 26.2 Å². The molecule has 0 aliphatic heterocycles. The van der Waals surface area contributed by atoms with Crippen LogP contribution in [0.5, 0.6) is 5.75 Å². The molecule has 5 rings (SSSR count). The molecule has 0 saturated heterocycles. The first-order valence-corrected chi connectivity index (χ1v) is 15.2. The number of nitrogens with zero attached hydrogens (tertiary/aromatic N) is 1. The molecule has 3 aromatic rings. The van der Waals surface area contributed by atoms with Gasteiger partial charge in [-0.05, 0) is 80.0 Å². The predicted molar refractivity (Wildman–Crippen MR) is 151 cm³/mol. The van der Waals surface area contributed by atoms with Gasteiger partial charge in [0.15, 0.2) is 0 Å². The number of unbranched alkanes of at least 4 members (excludes halogenated alkanes) is 1. The summed E-state index contributed by atoms with van der Waals surface area (Å²) in [5, 5.41) is 11.3. The number of halogens is 1. The molecule has 3 N–H and O–H groups in total. The minimum Gasteiger partial charge on any atom is -0.490 e. The molecule has 1 amide bonds. The minimum absolute atomic E-state index is 0.0947. The maximum absolute atomic E-state index is 12.9. The number of hydrogen-bond donors (Lipinski definition) is 3. The number of amides is 1. The van der Waals surface area contributed by atoms with Crippen LogP contribution in [-0.2, 0) is 27.0 Å². The summed E-state index contributed by atoms with van der Waals surface area (Å²) in [5.74, 6) is 0.847. The number of pyridine rings is 1. The second-order valence-electron chi connectivity index (χ2n) is 10.1. The quantitative estimate of drug-likeness (QED) is 0.214. The first kappa shape index (κ1) is 28.4. The first-order chi connectivity index (χ1) is 19.3. The van der Waals surface area contributed by atoms with Gasteiger partial charge in [0.1, 0.15) is 5.75 Å². The standard InChI is InChI=1S/C29H32ClN3O6S/c30-26-10-9-22(40(36,37)33-15-4-3-14-32-28(34)35)17-20(26)19-38-29(12-13-29)25-18-31-16-11-23(25)24-5-1-2-6-27(24)39-21-7-8-21/h1-2,5-6,9-11,16-18,21,32-33H,3-4,7-8,12-15,19H2,(H,34,35). The fourth-order valence-corrected chi connectivity index (χ4v) is 5.83. The number of hydrogen-bond acceptors (Lipinski definition) is 6. The van der Waals surface area contributed by atoms with Crippen LogP contribution >= 0.6 is 11.6 Å². The number of carbonyl (C=O) groups is 1. The summed E-state index contributed by atoms with van der Waals surface area (Å²) >= 11 is 6.45. The van der Waals surface area contributed by atoms with Crippen LogP contribution in [-0.4, -0.2) is 43.8 Å². The lowest BCUT2D eigenvalue weighted by Crippen LogP contribution is -2.26. The van der Waals surface area contributed by atoms with Gasteiger partial charge in [-0.1, -0.05) is 29.8 Å². The Morgan fingerprint density at radius 1 is 1.07 bits per heavy atom. The number of para-hydroxylation sites is 1. The van der Waals surface area contributed by atoms with Crippen molar-refractivity contribution in [1.29, 1.82) is 0 Å². The molecule has 11 heteroatoms. The van der Waals surface area contributed by atoms with E-state index in [0.717, 1.165) is 48.1 Å². The van der Waals surface area contributed by atoms with Gasteiger partial charge in [-0.15, -0.1) is 0 Å². The van der Waals surface area contributed by atoms with E-state index in [1.807, 2.05) is 36.5 Å². The molecule has 1 aromatic heterocycles. The van der Waals surface area contributed by atoms with Gasteiger partial charge in [0.2, 0.25) is 10.0 Å². The van der Waals surface area contributed by atoms with Crippen molar-refractivity contribution < 1.29 is 27.8 Å². The molecule has 0 bridgehead atoms. The number of nitrogens with one attached hydrogen (secondary N) is 2. The zero-order valence-electron chi connectivity index (χ0n) is 21.9. The van der Waals surface area contributed by atoms with E-state index in [1.165, 1.54) is 12.1 Å². The van der Waals surface area contributed by atoms with Crippen molar-refractivity contribution >= 4 is 27.7 Å². The Morgan fingerprint density at radius 2 is 1.85 bits per heavy atom. The van der Waals surface area contributed by atoms with Gasteiger partial charge < -0.3 is 19.9 Å². The van der Waals surface area contributed by atoms with Gasteiger partial charge in [0.25, 0.3) is 0 Å². The zero-order chi connectivity index (χ0) is 28.2. The van der Waals surface area contributed by atoms with Crippen LogP contribution in [0.3, 0.4) is 0 Å². The average Bonchev–Trinajstić information content (AvgIpc) is 3.88. The molecule has 1 heterocycles. The summed E-state index contributed by atoms with van der Waals surface area (Å²) in [7, 11) is -3.77. The van der Waals surface area contributed by atoms with Crippen molar-refractivity contribution in [3.05, 3.63) is 77.1 Å². The summed E-state index contributed by atoms with van der Waals surface area (Å²) in [4.78, 5) is 15.0. The van der Waals surface area contributed by atoms with Gasteiger partial charge in [0, 0.05) is 41.6 Å². The highest BCUT2D eigenvalue weighted by atomic mass is 35.5. The normalized spacial score (nSPS) is 15.9. The molecule has 2 aromatic carbocycles. The molecule has 2 saturated carbocycles. The zero-order valence-corrected chi connectivity index (χ0v) is 23.5. The molecule has 0 spiro atoms. The third kappa shape index (κ3) is 6.93. The highest BCUT2D eigenvalue weighted by Crippen LogP contribution is 2.53. The van der Waals surface area contributed by atoms with Crippen molar-refractivity contribution in [1.82, 2.24) is 15.0 Å². The SMILES string of the molecule is O=C(O)NCCCCNS(=O)(=O)c1ccc(Cl)c(COC2(c3cnccc3-c3ccccc3OC3CC3)CC2)c1. The van der Waals surface area contributed by atoms with Crippen LogP contribution in [0.25, 0.3) is 11.1 Å². The van der Waals surface area contributed by atoms with Crippen molar-refractivity contribution in [2.24, 2.45) is 0 Å². The molecule has 40 heavy (non-hydrogen) atoms. The van der Waals surface area contributed by atoms with E-state index in [2.05, 4.69) is 15.0 Å². The summed E-state index contributed by atoms with van der Waals surface area (Å²) in [6.07, 6.45) is 7.55. The molecule has 0 radical (unpaired) electrons. The summed E-state index contributed by atoms with van der Waals surface area (Å²) in [6, 6.07) is 14.5. The molecule has 0 unspecified atom stereocenters. The smallest absolute Gasteiger partial charge is 0.404 e. The van der Waals surface area contributed by atoms with E-state index in [-0.39, 0.29) is 30.7 Å². The van der Waals surface area contributed by atoms with E-state index in [9.17, 15) is 13.2 Å². The number of aromatic nitrogens is 1. The number of carboxylic acid groups (broad SMARTS) is 1. The van der Waals surface area contributed by atoms with E-state index < -0.39 is 21.7 Å². The van der Waals surface area contributed by atoms with E-state index in [1.54, 1.807) is 12.3 Å². The second kappa shape index (κ2) is 12.1. The second-order valence-corrected chi connectivity index (χ2v) is 12.3. The van der Waals surface area contributed by atoms with Crippen LogP contribution in [0, 0.1) is 0 Å². The van der Waals surface area contributed by atoms with Gasteiger partial charge in [-0.2, -0.15) is 0 Å². The highest BCUT2D eigenvalue weighted by Gasteiger charge is 2.47. The Hall–Kier alpha value is -3.18. The highest BCUT2D eigenvalue weighted by molar-refractivity contribution is 7.89. The predicted octanol–water partition coefficient (Wildman–Crippen LogP) is 5.48. The van der Waals surface area contributed by atoms with Gasteiger partial charge in [-0.3, -0.25) is 4.98 Å². The van der Waals surface area contributed by atoms with E-state index >= 15 is 0 Å². The number of rotatable bonds is 14. The molecule has 2 fully saturated rings. The molecule has 0 atom stereocenters. The number of benzene rings is 2. The van der Waals surface area contributed by atoms with Crippen LogP contribution < -0.4 is 14.8 Å². The van der Waals surface area contributed by atoms with Crippen molar-refractivity contribution in [3.63, 3.8) is 0 Å². The molecule has 2 aliphatic carbocycles. The summed E-state index contributed by atoms with van der Waals surface area (Å²) < 4.78 is 40.9. The molecular weight excluding hydrogens is 554 g/mol. The summed E-state index contributed by atoms with van der Waals surface area (Å²) in [6.45, 7) is 0.591. The Balaban J connectivity index is 1.28. The largest absolute Gasteiger partial charge is 0.490 e. The molecule has 212 valence electrons. The van der Waals surface area contributed by atoms with Gasteiger partial charge in [0.05, 0.1) is 23.2 Å². The monoisotopic (exact) mass is 585 g/mol. The molecular formula is C29H32ClN3O6S. The van der Waals surface area contributed by atoms with Crippen LogP contribution in [0.4, 0.5) is 4.79 Å². The topological polar surface area (TPSA) is 127 Å². The van der Waals surface area contributed by atoms with Crippen LogP contribution in [0.2, 0.25) is 5.02 Å². The first-order valence-electron chi connectivity index (χ1n) is 13.4. The maximum atomic E-state index is 12.9. The van der Waals surface area contributed by atoms with Crippen LogP contribution in [0.15, 0.2) is 65.8 Å². The Labute approximate surface area is 238 Å². The Morgan fingerprint density at radius 3 is 2.60 bits per heavy atom. The third-order valence-corrected chi connectivity index (χ3v) is 8.84. The average molecular weight is 586 g/mol. The molecule has 2 aliphatic rings. The fourth-order valence-electron chi connectivity index (χ4n) is 4.53. The van der Waals surface area contributed by atoms with Gasteiger partial charge >= 0.3 is 6.09 Å². The van der Waals surface area contributed by atoms with Crippen molar-refractivity contribution in [3.8, 4) is 16.9 Å². The Bertz CT molecular complexity index is 1470. The number of ether oxygens (including phenoxy) is 2. The fraction of sp³-hybridized carbons (Fsp3) is 0.379. The van der Waals surface area contributed by atoms with Crippen molar-refractivity contribution in [2.75, 3.05) is 13.1 Å². The minimum atomic E-state index is -3.77. The maximum Gasteiger partial charge on any atom is 0.404 e. The number of sulfonamides is 1. The van der Waals surface area contributed by atoms with Crippen molar-refractivity contribution in [2.45, 2.75) is 61.7 Å².